The van der Waals surface area contributed by atoms with E-state index in [1.165, 1.54) is 0 Å². The van der Waals surface area contributed by atoms with Gasteiger partial charge in [0, 0.05) is 12.6 Å². The summed E-state index contributed by atoms with van der Waals surface area (Å²) in [6.07, 6.45) is 3.17. The molecule has 1 rings (SSSR count). The minimum absolute atomic E-state index is 0.311. The Morgan fingerprint density at radius 1 is 1.43 bits per heavy atom. The number of nitrogens with one attached hydrogen (secondary N) is 1. The molecule has 4 nitrogen and oxygen atoms in total. The lowest BCUT2D eigenvalue weighted by Gasteiger charge is -2.17. The number of likely N-dealkylation sites (N-methyl/N-ethyl adjacent to an activating group) is 1. The predicted molar refractivity (Wildman–Crippen MR) is 58.7 cm³/mol. The van der Waals surface area contributed by atoms with Crippen molar-refractivity contribution in [3.05, 3.63) is 17.4 Å². The van der Waals surface area contributed by atoms with Crippen molar-refractivity contribution in [2.75, 3.05) is 26.0 Å². The third-order valence-electron chi connectivity index (χ3n) is 1.63. The Morgan fingerprint density at radius 3 is 2.50 bits per heavy atom. The minimum Gasteiger partial charge on any atom is -0.350 e. The fourth-order valence-electron chi connectivity index (χ4n) is 1.20. The van der Waals surface area contributed by atoms with Gasteiger partial charge in [0.1, 0.15) is 0 Å². The quantitative estimate of drug-likeness (QED) is 0.825. The third-order valence-corrected chi connectivity index (χ3v) is 1.83. The number of aromatic nitrogens is 2. The van der Waals surface area contributed by atoms with Gasteiger partial charge in [0.15, 0.2) is 0 Å². The second-order valence-corrected chi connectivity index (χ2v) is 3.97. The van der Waals surface area contributed by atoms with Crippen molar-refractivity contribution in [2.45, 2.75) is 13.0 Å². The van der Waals surface area contributed by atoms with E-state index in [9.17, 15) is 0 Å². The van der Waals surface area contributed by atoms with Gasteiger partial charge in [0.25, 0.3) is 0 Å². The van der Waals surface area contributed by atoms with Crippen LogP contribution in [0.2, 0.25) is 5.02 Å². The van der Waals surface area contributed by atoms with Crippen molar-refractivity contribution in [2.24, 2.45) is 0 Å². The van der Waals surface area contributed by atoms with E-state index in [2.05, 4.69) is 27.1 Å². The largest absolute Gasteiger partial charge is 0.350 e. The van der Waals surface area contributed by atoms with Crippen LogP contribution in [0.15, 0.2) is 12.4 Å². The third kappa shape index (κ3) is 3.89. The second-order valence-electron chi connectivity index (χ2n) is 3.53. The summed E-state index contributed by atoms with van der Waals surface area (Å²) >= 11 is 5.67. The highest BCUT2D eigenvalue weighted by Gasteiger charge is 2.04. The maximum absolute atomic E-state index is 5.67. The molecule has 1 unspecified atom stereocenters. The first-order valence-electron chi connectivity index (χ1n) is 4.46. The molecule has 0 amide bonds. The molecule has 0 spiro atoms. The van der Waals surface area contributed by atoms with Crippen LogP contribution < -0.4 is 5.32 Å². The average Bonchev–Trinajstić information content (AvgIpc) is 2.07. The summed E-state index contributed by atoms with van der Waals surface area (Å²) in [7, 11) is 4.06. The first kappa shape index (κ1) is 11.2. The van der Waals surface area contributed by atoms with Gasteiger partial charge in [-0.1, -0.05) is 11.6 Å². The number of anilines is 1. The number of rotatable bonds is 4. The van der Waals surface area contributed by atoms with Gasteiger partial charge in [-0.05, 0) is 21.0 Å². The second kappa shape index (κ2) is 5.12. The van der Waals surface area contributed by atoms with Gasteiger partial charge >= 0.3 is 0 Å². The van der Waals surface area contributed by atoms with Crippen LogP contribution in [0.1, 0.15) is 6.92 Å². The SMILES string of the molecule is CC(CN(C)C)Nc1ncc(Cl)cn1. The topological polar surface area (TPSA) is 41.0 Å². The summed E-state index contributed by atoms with van der Waals surface area (Å²) in [6.45, 7) is 3.02. The van der Waals surface area contributed by atoms with Crippen LogP contribution in [0.3, 0.4) is 0 Å². The molecule has 1 N–H and O–H groups in total. The summed E-state index contributed by atoms with van der Waals surface area (Å²) in [6, 6.07) is 0.311. The normalized spacial score (nSPS) is 12.9. The van der Waals surface area contributed by atoms with Crippen LogP contribution >= 0.6 is 11.6 Å². The van der Waals surface area contributed by atoms with E-state index in [0.29, 0.717) is 17.0 Å². The Kier molecular flexibility index (Phi) is 4.10. The van der Waals surface area contributed by atoms with E-state index in [1.807, 2.05) is 14.1 Å². The molecule has 1 atom stereocenters. The van der Waals surface area contributed by atoms with Crippen molar-refractivity contribution >= 4 is 17.5 Å². The number of nitrogens with zero attached hydrogens (tertiary/aromatic N) is 3. The van der Waals surface area contributed by atoms with Crippen molar-refractivity contribution in [1.82, 2.24) is 14.9 Å². The number of hydrogen-bond acceptors (Lipinski definition) is 4. The molecule has 0 fully saturated rings. The highest BCUT2D eigenvalue weighted by atomic mass is 35.5. The number of halogens is 1. The minimum atomic E-state index is 0.311. The zero-order valence-corrected chi connectivity index (χ0v) is 9.41. The molecule has 1 aromatic heterocycles. The summed E-state index contributed by atoms with van der Waals surface area (Å²) in [5, 5.41) is 3.73. The highest BCUT2D eigenvalue weighted by Crippen LogP contribution is 2.06. The van der Waals surface area contributed by atoms with E-state index in [0.717, 1.165) is 6.54 Å². The molecule has 0 radical (unpaired) electrons. The van der Waals surface area contributed by atoms with Crippen molar-refractivity contribution in [3.63, 3.8) is 0 Å². The molecule has 78 valence electrons. The van der Waals surface area contributed by atoms with Gasteiger partial charge in [-0.15, -0.1) is 0 Å². The Hall–Kier alpha value is -0.870. The molecule has 1 aromatic rings. The van der Waals surface area contributed by atoms with Crippen LogP contribution in [-0.4, -0.2) is 41.5 Å². The standard InChI is InChI=1S/C9H15ClN4/c1-7(6-14(2)3)13-9-11-4-8(10)5-12-9/h4-5,7H,6H2,1-3H3,(H,11,12,13). The van der Waals surface area contributed by atoms with Crippen molar-refractivity contribution in [1.29, 1.82) is 0 Å². The zero-order chi connectivity index (χ0) is 10.6. The van der Waals surface area contributed by atoms with Gasteiger partial charge in [-0.2, -0.15) is 0 Å². The summed E-state index contributed by atoms with van der Waals surface area (Å²) < 4.78 is 0. The molecule has 0 aliphatic heterocycles. The van der Waals surface area contributed by atoms with Gasteiger partial charge in [-0.3, -0.25) is 0 Å². The molecular weight excluding hydrogens is 200 g/mol. The Bertz CT molecular complexity index is 273. The molecule has 0 aliphatic rings. The predicted octanol–water partition coefficient (Wildman–Crippen LogP) is 1.49. The van der Waals surface area contributed by atoms with E-state index < -0.39 is 0 Å². The Morgan fingerprint density at radius 2 is 2.00 bits per heavy atom. The first-order chi connectivity index (χ1) is 6.58. The van der Waals surface area contributed by atoms with Crippen LogP contribution in [0, 0.1) is 0 Å². The summed E-state index contributed by atoms with van der Waals surface area (Å²) in [5.41, 5.74) is 0. The maximum atomic E-state index is 5.67. The van der Waals surface area contributed by atoms with Crippen LogP contribution in [0.25, 0.3) is 0 Å². The van der Waals surface area contributed by atoms with E-state index in [-0.39, 0.29) is 0 Å². The summed E-state index contributed by atoms with van der Waals surface area (Å²) in [5.74, 6) is 0.615. The fourth-order valence-corrected chi connectivity index (χ4v) is 1.30. The molecule has 14 heavy (non-hydrogen) atoms. The molecule has 0 saturated carbocycles. The maximum Gasteiger partial charge on any atom is 0.222 e. The zero-order valence-electron chi connectivity index (χ0n) is 8.66. The lowest BCUT2D eigenvalue weighted by Crippen LogP contribution is -2.30. The van der Waals surface area contributed by atoms with E-state index >= 15 is 0 Å². The molecule has 0 bridgehead atoms. The van der Waals surface area contributed by atoms with Crippen molar-refractivity contribution in [3.8, 4) is 0 Å². The van der Waals surface area contributed by atoms with Gasteiger partial charge in [0.05, 0.1) is 17.4 Å². The Labute approximate surface area is 89.3 Å². The molecule has 1 heterocycles. The van der Waals surface area contributed by atoms with Crippen LogP contribution in [0.4, 0.5) is 5.95 Å². The summed E-state index contributed by atoms with van der Waals surface area (Å²) in [4.78, 5) is 10.2. The lowest BCUT2D eigenvalue weighted by molar-refractivity contribution is 0.391. The smallest absolute Gasteiger partial charge is 0.222 e. The van der Waals surface area contributed by atoms with Gasteiger partial charge in [0.2, 0.25) is 5.95 Å². The molecule has 0 aromatic carbocycles. The monoisotopic (exact) mass is 214 g/mol. The number of hydrogen-bond donors (Lipinski definition) is 1. The van der Waals surface area contributed by atoms with Crippen LogP contribution in [0.5, 0.6) is 0 Å². The molecular formula is C9H15ClN4. The highest BCUT2D eigenvalue weighted by molar-refractivity contribution is 6.30. The lowest BCUT2D eigenvalue weighted by atomic mass is 10.3. The van der Waals surface area contributed by atoms with E-state index in [1.54, 1.807) is 12.4 Å². The fraction of sp³-hybridized carbons (Fsp3) is 0.556. The van der Waals surface area contributed by atoms with Crippen LogP contribution in [-0.2, 0) is 0 Å². The van der Waals surface area contributed by atoms with Crippen molar-refractivity contribution < 1.29 is 0 Å². The molecule has 5 heteroatoms. The van der Waals surface area contributed by atoms with E-state index in [4.69, 9.17) is 11.6 Å². The average molecular weight is 215 g/mol. The first-order valence-corrected chi connectivity index (χ1v) is 4.84. The van der Waals surface area contributed by atoms with Gasteiger partial charge in [-0.25, -0.2) is 9.97 Å². The van der Waals surface area contributed by atoms with Gasteiger partial charge < -0.3 is 10.2 Å². The molecule has 0 aliphatic carbocycles. The molecule has 0 saturated heterocycles. The Balaban J connectivity index is 2.47.